The predicted molar refractivity (Wildman–Crippen MR) is 36.4 cm³/mol. The van der Waals surface area contributed by atoms with E-state index in [4.69, 9.17) is 0 Å². The summed E-state index contributed by atoms with van der Waals surface area (Å²) >= 11 is 0. The molecule has 4 heteroatoms. The van der Waals surface area contributed by atoms with Crippen LogP contribution in [0.1, 0.15) is 13.8 Å². The SMILES string of the molecule is CCO/C=C(\C)C(=O)C(F)F. The van der Waals surface area contributed by atoms with Crippen LogP contribution in [0.25, 0.3) is 0 Å². The van der Waals surface area contributed by atoms with Crippen LogP contribution in [0, 0.1) is 0 Å². The third-order valence-electron chi connectivity index (χ3n) is 1.01. The summed E-state index contributed by atoms with van der Waals surface area (Å²) in [5, 5.41) is 0. The smallest absolute Gasteiger partial charge is 0.300 e. The van der Waals surface area contributed by atoms with Crippen molar-refractivity contribution in [2.75, 3.05) is 6.61 Å². The van der Waals surface area contributed by atoms with Crippen molar-refractivity contribution in [1.29, 1.82) is 0 Å². The second-order valence-corrected chi connectivity index (χ2v) is 1.92. The van der Waals surface area contributed by atoms with Crippen LogP contribution in [0.2, 0.25) is 0 Å². The summed E-state index contributed by atoms with van der Waals surface area (Å²) in [6.45, 7) is 3.37. The van der Waals surface area contributed by atoms with Crippen molar-refractivity contribution in [3.05, 3.63) is 11.8 Å². The van der Waals surface area contributed by atoms with Gasteiger partial charge >= 0.3 is 0 Å². The average molecular weight is 164 g/mol. The van der Waals surface area contributed by atoms with Crippen LogP contribution < -0.4 is 0 Å². The highest BCUT2D eigenvalue weighted by atomic mass is 19.3. The molecule has 0 atom stereocenters. The van der Waals surface area contributed by atoms with Gasteiger partial charge in [-0.2, -0.15) is 0 Å². The van der Waals surface area contributed by atoms with Gasteiger partial charge in [0.05, 0.1) is 12.9 Å². The maximum atomic E-state index is 11.7. The largest absolute Gasteiger partial charge is 0.501 e. The first-order valence-electron chi connectivity index (χ1n) is 3.20. The van der Waals surface area contributed by atoms with E-state index < -0.39 is 12.2 Å². The van der Waals surface area contributed by atoms with Gasteiger partial charge in [0.15, 0.2) is 0 Å². The lowest BCUT2D eigenvalue weighted by atomic mass is 10.2. The van der Waals surface area contributed by atoms with Crippen LogP contribution in [0.15, 0.2) is 11.8 Å². The Morgan fingerprint density at radius 1 is 1.64 bits per heavy atom. The number of hydrogen-bond donors (Lipinski definition) is 0. The van der Waals surface area contributed by atoms with Crippen molar-refractivity contribution >= 4 is 5.78 Å². The maximum absolute atomic E-state index is 11.7. The fraction of sp³-hybridized carbons (Fsp3) is 0.571. The monoisotopic (exact) mass is 164 g/mol. The van der Waals surface area contributed by atoms with E-state index in [0.29, 0.717) is 6.61 Å². The number of hydrogen-bond acceptors (Lipinski definition) is 2. The molecule has 0 aliphatic heterocycles. The minimum absolute atomic E-state index is 0.0538. The number of Topliss-reactive ketones (excluding diaryl/α,β-unsaturated/α-hetero) is 1. The summed E-state index contributed by atoms with van der Waals surface area (Å²) < 4.78 is 28.0. The number of allylic oxidation sites excluding steroid dienone is 1. The summed E-state index contributed by atoms with van der Waals surface area (Å²) in [5.41, 5.74) is -0.0538. The van der Waals surface area contributed by atoms with Crippen molar-refractivity contribution in [2.24, 2.45) is 0 Å². The highest BCUT2D eigenvalue weighted by Gasteiger charge is 2.16. The molecule has 0 aromatic carbocycles. The van der Waals surface area contributed by atoms with Gasteiger partial charge in [0.2, 0.25) is 5.78 Å². The second kappa shape index (κ2) is 4.82. The van der Waals surface area contributed by atoms with E-state index in [1.165, 1.54) is 6.92 Å². The molecule has 64 valence electrons. The van der Waals surface area contributed by atoms with Gasteiger partial charge in [-0.1, -0.05) is 0 Å². The molecule has 0 amide bonds. The van der Waals surface area contributed by atoms with Gasteiger partial charge in [0.25, 0.3) is 6.43 Å². The summed E-state index contributed by atoms with van der Waals surface area (Å²) in [7, 11) is 0. The first-order valence-corrected chi connectivity index (χ1v) is 3.20. The molecule has 0 bridgehead atoms. The van der Waals surface area contributed by atoms with Crippen molar-refractivity contribution < 1.29 is 18.3 Å². The molecule has 0 aliphatic carbocycles. The first-order chi connectivity index (χ1) is 5.09. The molecule has 0 saturated heterocycles. The molecule has 0 saturated carbocycles. The number of carbonyl (C=O) groups excluding carboxylic acids is 1. The average Bonchev–Trinajstić information content (AvgIpc) is 1.98. The highest BCUT2D eigenvalue weighted by Crippen LogP contribution is 2.04. The molecular formula is C7H10F2O2. The van der Waals surface area contributed by atoms with Gasteiger partial charge in [-0.25, -0.2) is 8.78 Å². The van der Waals surface area contributed by atoms with E-state index in [0.717, 1.165) is 6.26 Å². The minimum Gasteiger partial charge on any atom is -0.501 e. The molecule has 0 N–H and O–H groups in total. The van der Waals surface area contributed by atoms with E-state index in [1.807, 2.05) is 0 Å². The Morgan fingerprint density at radius 2 is 2.18 bits per heavy atom. The quantitative estimate of drug-likeness (QED) is 0.467. The topological polar surface area (TPSA) is 26.3 Å². The lowest BCUT2D eigenvalue weighted by Crippen LogP contribution is -2.11. The van der Waals surface area contributed by atoms with Gasteiger partial charge in [0, 0.05) is 5.57 Å². The van der Waals surface area contributed by atoms with Crippen molar-refractivity contribution in [1.82, 2.24) is 0 Å². The van der Waals surface area contributed by atoms with Gasteiger partial charge < -0.3 is 4.74 Å². The molecule has 0 fully saturated rings. The molecule has 0 rings (SSSR count). The molecule has 0 aromatic heterocycles. The van der Waals surface area contributed by atoms with Gasteiger partial charge in [-0.05, 0) is 13.8 Å². The Hall–Kier alpha value is -0.930. The number of alkyl halides is 2. The number of ketones is 1. The third kappa shape index (κ3) is 3.70. The van der Waals surface area contributed by atoms with Crippen LogP contribution >= 0.6 is 0 Å². The molecule has 0 spiro atoms. The zero-order chi connectivity index (χ0) is 8.85. The molecule has 0 aromatic rings. The highest BCUT2D eigenvalue weighted by molar-refractivity contribution is 5.96. The molecule has 0 heterocycles. The van der Waals surface area contributed by atoms with Crippen LogP contribution in [0.5, 0.6) is 0 Å². The van der Waals surface area contributed by atoms with Crippen LogP contribution in [0.4, 0.5) is 8.78 Å². The summed E-state index contributed by atoms with van der Waals surface area (Å²) in [5.74, 6) is -1.18. The Kier molecular flexibility index (Phi) is 4.41. The zero-order valence-electron chi connectivity index (χ0n) is 6.43. The van der Waals surface area contributed by atoms with Crippen LogP contribution in [0.3, 0.4) is 0 Å². The Labute approximate surface area is 63.8 Å². The lowest BCUT2D eigenvalue weighted by Gasteiger charge is -1.98. The van der Waals surface area contributed by atoms with E-state index >= 15 is 0 Å². The lowest BCUT2D eigenvalue weighted by molar-refractivity contribution is -0.125. The van der Waals surface area contributed by atoms with Crippen LogP contribution in [-0.4, -0.2) is 18.8 Å². The molecule has 11 heavy (non-hydrogen) atoms. The number of ether oxygens (including phenoxy) is 1. The summed E-state index contributed by atoms with van der Waals surface area (Å²) in [4.78, 5) is 10.5. The Bertz CT molecular complexity index is 164. The number of halogens is 2. The maximum Gasteiger partial charge on any atom is 0.300 e. The van der Waals surface area contributed by atoms with Gasteiger partial charge in [-0.3, -0.25) is 4.79 Å². The summed E-state index contributed by atoms with van der Waals surface area (Å²) in [6, 6.07) is 0. The van der Waals surface area contributed by atoms with Gasteiger partial charge in [0.1, 0.15) is 0 Å². The third-order valence-corrected chi connectivity index (χ3v) is 1.01. The molecule has 0 aliphatic rings. The summed E-state index contributed by atoms with van der Waals surface area (Å²) in [6.07, 6.45) is -1.89. The molecular weight excluding hydrogens is 154 g/mol. The van der Waals surface area contributed by atoms with Gasteiger partial charge in [-0.15, -0.1) is 0 Å². The van der Waals surface area contributed by atoms with Crippen molar-refractivity contribution in [3.63, 3.8) is 0 Å². The molecule has 2 nitrogen and oxygen atoms in total. The fourth-order valence-electron chi connectivity index (χ4n) is 0.439. The standard InChI is InChI=1S/C7H10F2O2/c1-3-11-4-5(2)6(10)7(8)9/h4,7H,3H2,1-2H3/b5-4+. The minimum atomic E-state index is -2.94. The normalized spacial score (nSPS) is 11.9. The fourth-order valence-corrected chi connectivity index (χ4v) is 0.439. The molecule has 0 unspecified atom stereocenters. The second-order valence-electron chi connectivity index (χ2n) is 1.92. The predicted octanol–water partition coefficient (Wildman–Crippen LogP) is 1.76. The number of carbonyl (C=O) groups is 1. The molecule has 0 radical (unpaired) electrons. The Morgan fingerprint density at radius 3 is 2.55 bits per heavy atom. The van der Waals surface area contributed by atoms with E-state index in [2.05, 4.69) is 4.74 Å². The number of rotatable bonds is 4. The van der Waals surface area contributed by atoms with Crippen LogP contribution in [-0.2, 0) is 9.53 Å². The first kappa shape index (κ1) is 10.1. The van der Waals surface area contributed by atoms with E-state index in [-0.39, 0.29) is 5.57 Å². The van der Waals surface area contributed by atoms with E-state index in [9.17, 15) is 13.6 Å². The van der Waals surface area contributed by atoms with E-state index in [1.54, 1.807) is 6.92 Å². The van der Waals surface area contributed by atoms with Crippen molar-refractivity contribution in [2.45, 2.75) is 20.3 Å². The Balaban J connectivity index is 4.01. The zero-order valence-corrected chi connectivity index (χ0v) is 6.43. The van der Waals surface area contributed by atoms with Crippen molar-refractivity contribution in [3.8, 4) is 0 Å².